The molecule has 1 N–H and O–H groups in total. The fraction of sp³-hybridized carbons (Fsp3) is 0.235. The molecule has 2 aliphatic heterocycles. The first-order chi connectivity index (χ1) is 9.77. The molecule has 0 amide bonds. The molecular formula is C17H13NO2. The van der Waals surface area contributed by atoms with E-state index in [1.54, 1.807) is 6.07 Å². The Morgan fingerprint density at radius 1 is 1.25 bits per heavy atom. The van der Waals surface area contributed by atoms with Gasteiger partial charge in [0.2, 0.25) is 0 Å². The summed E-state index contributed by atoms with van der Waals surface area (Å²) in [6, 6.07) is 5.63. The molecule has 3 aliphatic carbocycles. The Morgan fingerprint density at radius 2 is 2.20 bits per heavy atom. The predicted octanol–water partition coefficient (Wildman–Crippen LogP) is 3.22. The summed E-state index contributed by atoms with van der Waals surface area (Å²) in [4.78, 5) is 4.38. The minimum atomic E-state index is -0.314. The van der Waals surface area contributed by atoms with Crippen LogP contribution in [0.3, 0.4) is 0 Å². The lowest BCUT2D eigenvalue weighted by Gasteiger charge is -2.50. The van der Waals surface area contributed by atoms with Crippen molar-refractivity contribution in [1.82, 2.24) is 0 Å². The Bertz CT molecular complexity index is 771. The van der Waals surface area contributed by atoms with Gasteiger partial charge in [-0.1, -0.05) is 24.3 Å². The number of fused-ring (bicyclic) bond motifs is 2. The highest BCUT2D eigenvalue weighted by atomic mass is 16.5. The maximum Gasteiger partial charge on any atom is 0.173 e. The molecule has 2 atom stereocenters. The zero-order valence-electron chi connectivity index (χ0n) is 10.8. The van der Waals surface area contributed by atoms with Gasteiger partial charge in [-0.05, 0) is 30.6 Å². The minimum Gasteiger partial charge on any atom is -0.504 e. The van der Waals surface area contributed by atoms with Gasteiger partial charge in [0.05, 0.1) is 5.41 Å². The number of phenols is 1. The number of phenolic OH excluding ortho intramolecular Hbond substituents is 1. The van der Waals surface area contributed by atoms with Crippen molar-refractivity contribution in [3.63, 3.8) is 0 Å². The molecular weight excluding hydrogens is 250 g/mol. The number of aromatic hydroxyl groups is 1. The van der Waals surface area contributed by atoms with Crippen molar-refractivity contribution < 1.29 is 9.84 Å². The third kappa shape index (κ3) is 0.893. The Labute approximate surface area is 116 Å². The lowest BCUT2D eigenvalue weighted by molar-refractivity contribution is 0.256. The van der Waals surface area contributed by atoms with E-state index in [1.165, 1.54) is 5.57 Å². The topological polar surface area (TPSA) is 41.8 Å². The zero-order chi connectivity index (χ0) is 13.4. The van der Waals surface area contributed by atoms with Gasteiger partial charge in [0.25, 0.3) is 0 Å². The third-order valence-corrected chi connectivity index (χ3v) is 5.11. The molecule has 2 bridgehead atoms. The number of hydrogen-bond donors (Lipinski definition) is 1. The second kappa shape index (κ2) is 3.06. The normalized spacial score (nSPS) is 34.8. The summed E-state index contributed by atoms with van der Waals surface area (Å²) in [5, 5.41) is 10.1. The Kier molecular flexibility index (Phi) is 1.61. The fourth-order valence-electron chi connectivity index (χ4n) is 4.16. The Hall–Kier alpha value is -2.29. The second-order valence-corrected chi connectivity index (χ2v) is 5.89. The number of rotatable bonds is 0. The quantitative estimate of drug-likeness (QED) is 0.780. The van der Waals surface area contributed by atoms with E-state index in [9.17, 15) is 5.11 Å². The summed E-state index contributed by atoms with van der Waals surface area (Å²) in [6.07, 6.45) is 12.5. The molecule has 6 rings (SSSR count). The molecule has 3 nitrogen and oxygen atoms in total. The van der Waals surface area contributed by atoms with Gasteiger partial charge in [0.15, 0.2) is 11.5 Å². The van der Waals surface area contributed by atoms with Gasteiger partial charge >= 0.3 is 0 Å². The van der Waals surface area contributed by atoms with E-state index in [0.29, 0.717) is 5.75 Å². The van der Waals surface area contributed by atoms with Crippen LogP contribution in [0.15, 0.2) is 59.0 Å². The van der Waals surface area contributed by atoms with E-state index in [2.05, 4.69) is 29.3 Å². The standard InChI is InChI=1S/C17H13NO2/c19-13-3-1-2-12-14(13)20-15-11-4-6-16(7-5-11)10-18-9-8-17(12,15)16/h1-4,6,8-10,19H,5,7H2. The molecule has 2 spiro atoms. The molecule has 0 saturated heterocycles. The number of nitrogens with zero attached hydrogens (tertiary/aromatic N) is 1. The molecule has 0 fully saturated rings. The first-order valence-corrected chi connectivity index (χ1v) is 6.92. The molecule has 0 saturated carbocycles. The zero-order valence-corrected chi connectivity index (χ0v) is 10.8. The van der Waals surface area contributed by atoms with Gasteiger partial charge in [-0.2, -0.15) is 0 Å². The van der Waals surface area contributed by atoms with Crippen LogP contribution in [0.25, 0.3) is 0 Å². The maximum atomic E-state index is 10.1. The highest BCUT2D eigenvalue weighted by Gasteiger charge is 2.62. The van der Waals surface area contributed by atoms with Crippen LogP contribution < -0.4 is 4.74 Å². The predicted molar refractivity (Wildman–Crippen MR) is 75.9 cm³/mol. The van der Waals surface area contributed by atoms with Crippen LogP contribution in [0.5, 0.6) is 11.5 Å². The van der Waals surface area contributed by atoms with Crippen molar-refractivity contribution in [1.29, 1.82) is 0 Å². The van der Waals surface area contributed by atoms with E-state index in [4.69, 9.17) is 4.74 Å². The number of allylic oxidation sites excluding steroid dienone is 4. The molecule has 1 aromatic rings. The van der Waals surface area contributed by atoms with Crippen LogP contribution in [0.2, 0.25) is 0 Å². The van der Waals surface area contributed by atoms with Crippen molar-refractivity contribution in [3.05, 3.63) is 59.5 Å². The lowest BCUT2D eigenvalue weighted by atomic mass is 9.51. The summed E-state index contributed by atoms with van der Waals surface area (Å²) in [7, 11) is 0. The minimum absolute atomic E-state index is 0.155. The first-order valence-electron chi connectivity index (χ1n) is 6.92. The van der Waals surface area contributed by atoms with E-state index >= 15 is 0 Å². The Balaban J connectivity index is 1.94. The van der Waals surface area contributed by atoms with E-state index in [-0.39, 0.29) is 16.6 Å². The molecule has 98 valence electrons. The van der Waals surface area contributed by atoms with Crippen LogP contribution in [0.4, 0.5) is 0 Å². The van der Waals surface area contributed by atoms with Gasteiger partial charge in [-0.3, -0.25) is 4.99 Å². The molecule has 1 aromatic carbocycles. The second-order valence-electron chi connectivity index (χ2n) is 5.89. The fourth-order valence-corrected chi connectivity index (χ4v) is 4.16. The monoisotopic (exact) mass is 263 g/mol. The lowest BCUT2D eigenvalue weighted by Crippen LogP contribution is -2.50. The smallest absolute Gasteiger partial charge is 0.173 e. The maximum absolute atomic E-state index is 10.1. The Morgan fingerprint density at radius 3 is 3.05 bits per heavy atom. The average molecular weight is 263 g/mol. The highest BCUT2D eigenvalue weighted by molar-refractivity contribution is 5.82. The van der Waals surface area contributed by atoms with Gasteiger partial charge in [0.1, 0.15) is 5.76 Å². The third-order valence-electron chi connectivity index (χ3n) is 5.11. The molecule has 2 heterocycles. The summed E-state index contributed by atoms with van der Waals surface area (Å²) in [6.45, 7) is 0. The number of ether oxygens (including phenoxy) is 1. The van der Waals surface area contributed by atoms with Crippen LogP contribution in [0, 0.1) is 5.41 Å². The largest absolute Gasteiger partial charge is 0.504 e. The number of aliphatic imine (C=N–C) groups is 1. The van der Waals surface area contributed by atoms with Gasteiger partial charge < -0.3 is 9.84 Å². The van der Waals surface area contributed by atoms with Gasteiger partial charge in [-0.15, -0.1) is 0 Å². The molecule has 0 radical (unpaired) electrons. The van der Waals surface area contributed by atoms with Crippen molar-refractivity contribution in [2.24, 2.45) is 10.4 Å². The van der Waals surface area contributed by atoms with E-state index < -0.39 is 0 Å². The highest BCUT2D eigenvalue weighted by Crippen LogP contribution is 2.65. The average Bonchev–Trinajstić information content (AvgIpc) is 2.85. The number of benzene rings is 1. The van der Waals surface area contributed by atoms with Crippen LogP contribution in [-0.4, -0.2) is 11.3 Å². The van der Waals surface area contributed by atoms with Crippen LogP contribution >= 0.6 is 0 Å². The van der Waals surface area contributed by atoms with Crippen LogP contribution in [-0.2, 0) is 5.41 Å². The van der Waals surface area contributed by atoms with Gasteiger partial charge in [-0.25, -0.2) is 0 Å². The molecule has 0 aromatic heterocycles. The molecule has 20 heavy (non-hydrogen) atoms. The number of hydrogen-bond acceptors (Lipinski definition) is 3. The van der Waals surface area contributed by atoms with Crippen molar-refractivity contribution in [3.8, 4) is 11.5 Å². The van der Waals surface area contributed by atoms with Crippen molar-refractivity contribution in [2.75, 3.05) is 0 Å². The molecule has 5 aliphatic rings. The summed E-state index contributed by atoms with van der Waals surface area (Å²) in [5.41, 5.74) is 1.82. The SMILES string of the molecule is Oc1cccc2c1OC1=C3C=CC4(C=NC=CC124)CC3. The summed E-state index contributed by atoms with van der Waals surface area (Å²) in [5.74, 6) is 1.80. The van der Waals surface area contributed by atoms with E-state index in [0.717, 1.165) is 24.2 Å². The molecule has 2 unspecified atom stereocenters. The van der Waals surface area contributed by atoms with Gasteiger partial charge in [0, 0.05) is 23.4 Å². The van der Waals surface area contributed by atoms with E-state index in [1.807, 2.05) is 18.5 Å². The summed E-state index contributed by atoms with van der Waals surface area (Å²) < 4.78 is 6.10. The van der Waals surface area contributed by atoms with Crippen molar-refractivity contribution in [2.45, 2.75) is 18.3 Å². The number of para-hydroxylation sites is 1. The van der Waals surface area contributed by atoms with Crippen molar-refractivity contribution >= 4 is 6.21 Å². The molecule has 3 heteroatoms. The van der Waals surface area contributed by atoms with Crippen LogP contribution in [0.1, 0.15) is 18.4 Å². The summed E-state index contributed by atoms with van der Waals surface area (Å²) >= 11 is 0. The first kappa shape index (κ1) is 10.5.